The smallest absolute Gasteiger partial charge is 0.411 e. The Morgan fingerprint density at radius 3 is 2.47 bits per heavy atom. The second-order valence-electron chi connectivity index (χ2n) is 5.27. The summed E-state index contributed by atoms with van der Waals surface area (Å²) in [7, 11) is 1.50. The van der Waals surface area contributed by atoms with Crippen molar-refractivity contribution in [2.75, 3.05) is 7.05 Å². The fourth-order valence-electron chi connectivity index (χ4n) is 1.53. The van der Waals surface area contributed by atoms with Gasteiger partial charge in [-0.1, -0.05) is 0 Å². The summed E-state index contributed by atoms with van der Waals surface area (Å²) in [5, 5.41) is 0. The first kappa shape index (κ1) is 15.8. The zero-order valence-electron chi connectivity index (χ0n) is 11.7. The van der Waals surface area contributed by atoms with E-state index in [0.717, 1.165) is 5.56 Å². The van der Waals surface area contributed by atoms with E-state index in [2.05, 4.69) is 15.9 Å². The zero-order valence-corrected chi connectivity index (χ0v) is 13.3. The number of carbonyl (C=O) groups is 2. The van der Waals surface area contributed by atoms with E-state index in [0.29, 0.717) is 16.7 Å². The van der Waals surface area contributed by atoms with Gasteiger partial charge in [0.15, 0.2) is 4.67 Å². The van der Waals surface area contributed by atoms with Crippen LogP contribution in [0.2, 0.25) is 0 Å². The highest BCUT2D eigenvalue weighted by molar-refractivity contribution is 9.10. The van der Waals surface area contributed by atoms with Crippen LogP contribution in [0.15, 0.2) is 15.2 Å². The number of furan rings is 1. The van der Waals surface area contributed by atoms with Gasteiger partial charge in [-0.2, -0.15) is 0 Å². The number of halogens is 1. The van der Waals surface area contributed by atoms with Crippen LogP contribution in [0.4, 0.5) is 4.79 Å². The summed E-state index contributed by atoms with van der Waals surface area (Å²) in [5.74, 6) is 0.426. The molecule has 0 saturated heterocycles. The average Bonchev–Trinajstić information content (AvgIpc) is 2.56. The van der Waals surface area contributed by atoms with Crippen molar-refractivity contribution in [3.05, 3.63) is 22.1 Å². The van der Waals surface area contributed by atoms with E-state index >= 15 is 0 Å². The van der Waals surface area contributed by atoms with Gasteiger partial charge in [0.05, 0.1) is 0 Å². The Balaban J connectivity index is 2.94. The Morgan fingerprint density at radius 1 is 1.53 bits per heavy atom. The lowest BCUT2D eigenvalue weighted by Crippen LogP contribution is -2.37. The van der Waals surface area contributed by atoms with Crippen molar-refractivity contribution in [2.24, 2.45) is 0 Å². The summed E-state index contributed by atoms with van der Waals surface area (Å²) in [6, 6.07) is 0.940. The number of hydrogen-bond donors (Lipinski definition) is 0. The molecule has 1 heterocycles. The summed E-state index contributed by atoms with van der Waals surface area (Å²) < 4.78 is 11.1. The molecule has 5 nitrogen and oxygen atoms in total. The van der Waals surface area contributed by atoms with E-state index in [1.807, 2.05) is 6.92 Å². The minimum atomic E-state index is -0.804. The summed E-state index contributed by atoms with van der Waals surface area (Å²) in [5.41, 5.74) is 0.178. The van der Waals surface area contributed by atoms with Crippen LogP contribution in [-0.2, 0) is 9.53 Å². The average molecular weight is 332 g/mol. The lowest BCUT2D eigenvalue weighted by molar-refractivity contribution is -0.112. The van der Waals surface area contributed by atoms with Gasteiger partial charge in [-0.15, -0.1) is 0 Å². The number of rotatable bonds is 3. The summed E-state index contributed by atoms with van der Waals surface area (Å²) in [6.45, 7) is 7.11. The Kier molecular flexibility index (Phi) is 4.79. The Morgan fingerprint density at radius 2 is 2.11 bits per heavy atom. The monoisotopic (exact) mass is 331 g/mol. The lowest BCUT2D eigenvalue weighted by Gasteiger charge is -2.27. The van der Waals surface area contributed by atoms with Crippen LogP contribution in [0.25, 0.3) is 0 Å². The molecule has 0 aliphatic rings. The molecular formula is C13H18BrNO4. The zero-order chi connectivity index (χ0) is 14.8. The van der Waals surface area contributed by atoms with Crippen molar-refractivity contribution in [3.63, 3.8) is 0 Å². The predicted molar refractivity (Wildman–Crippen MR) is 73.9 cm³/mol. The van der Waals surface area contributed by atoms with E-state index in [1.54, 1.807) is 26.8 Å². The fourth-order valence-corrected chi connectivity index (χ4v) is 2.04. The lowest BCUT2D eigenvalue weighted by atomic mass is 10.1. The van der Waals surface area contributed by atoms with Crippen molar-refractivity contribution in [3.8, 4) is 0 Å². The molecule has 0 fully saturated rings. The molecule has 1 rings (SSSR count). The van der Waals surface area contributed by atoms with Crippen LogP contribution in [-0.4, -0.2) is 29.9 Å². The van der Waals surface area contributed by atoms with Crippen LogP contribution in [0.3, 0.4) is 0 Å². The maximum Gasteiger partial charge on any atom is 0.411 e. The highest BCUT2D eigenvalue weighted by Crippen LogP contribution is 2.28. The van der Waals surface area contributed by atoms with Crippen LogP contribution in [0.1, 0.15) is 38.1 Å². The number of hydrogen-bond acceptors (Lipinski definition) is 4. The molecule has 0 N–H and O–H groups in total. The van der Waals surface area contributed by atoms with E-state index in [9.17, 15) is 9.59 Å². The van der Waals surface area contributed by atoms with Gasteiger partial charge < -0.3 is 13.9 Å². The van der Waals surface area contributed by atoms with Crippen molar-refractivity contribution >= 4 is 28.3 Å². The highest BCUT2D eigenvalue weighted by atomic mass is 79.9. The number of likely N-dealkylation sites (N-methyl/N-ethyl adjacent to an activating group) is 1. The van der Waals surface area contributed by atoms with E-state index in [-0.39, 0.29) is 0 Å². The number of aldehydes is 1. The number of carbonyl (C=O) groups excluding carboxylic acids is 2. The Hall–Kier alpha value is -1.30. The van der Waals surface area contributed by atoms with Crippen LogP contribution < -0.4 is 0 Å². The molecule has 0 bridgehead atoms. The van der Waals surface area contributed by atoms with Crippen LogP contribution in [0, 0.1) is 6.92 Å². The third-order valence-corrected chi connectivity index (χ3v) is 2.81. The first-order chi connectivity index (χ1) is 8.65. The summed E-state index contributed by atoms with van der Waals surface area (Å²) >= 11 is 3.20. The van der Waals surface area contributed by atoms with Crippen molar-refractivity contribution in [1.82, 2.24) is 4.90 Å². The normalized spacial score (nSPS) is 12.9. The molecule has 6 heteroatoms. The molecular weight excluding hydrogens is 314 g/mol. The number of amides is 1. The van der Waals surface area contributed by atoms with E-state index in [4.69, 9.17) is 9.15 Å². The Labute approximate surface area is 121 Å². The van der Waals surface area contributed by atoms with Crippen molar-refractivity contribution < 1.29 is 18.7 Å². The molecule has 19 heavy (non-hydrogen) atoms. The van der Waals surface area contributed by atoms with Gasteiger partial charge in [0.1, 0.15) is 23.7 Å². The molecule has 1 unspecified atom stereocenters. The largest absolute Gasteiger partial charge is 0.451 e. The van der Waals surface area contributed by atoms with Crippen molar-refractivity contribution in [1.29, 1.82) is 0 Å². The molecule has 1 amide bonds. The maximum atomic E-state index is 11.9. The SMILES string of the molecule is Cc1cc(Br)oc1C(C=O)N(C)C(=O)OC(C)(C)C. The summed E-state index contributed by atoms with van der Waals surface area (Å²) in [6.07, 6.45) is 0.0823. The number of aryl methyl sites for hydroxylation is 1. The fraction of sp³-hybridized carbons (Fsp3) is 0.538. The first-order valence-electron chi connectivity index (χ1n) is 5.82. The molecule has 0 aliphatic carbocycles. The van der Waals surface area contributed by atoms with Gasteiger partial charge in [0.2, 0.25) is 0 Å². The molecule has 0 aliphatic heterocycles. The van der Waals surface area contributed by atoms with Gasteiger partial charge >= 0.3 is 6.09 Å². The molecule has 0 spiro atoms. The first-order valence-corrected chi connectivity index (χ1v) is 6.62. The minimum Gasteiger partial charge on any atom is -0.451 e. The third-order valence-electron chi connectivity index (χ3n) is 2.42. The van der Waals surface area contributed by atoms with Gasteiger partial charge in [0, 0.05) is 7.05 Å². The van der Waals surface area contributed by atoms with Gasteiger partial charge in [-0.05, 0) is 55.3 Å². The second-order valence-corrected chi connectivity index (χ2v) is 6.05. The number of ether oxygens (including phenoxy) is 1. The second kappa shape index (κ2) is 5.77. The van der Waals surface area contributed by atoms with Crippen molar-refractivity contribution in [2.45, 2.75) is 39.3 Å². The third kappa shape index (κ3) is 4.09. The standard InChI is InChI=1S/C13H18BrNO4/c1-8-6-10(14)18-11(8)9(7-16)15(5)12(17)19-13(2,3)4/h6-7,9H,1-5H3. The van der Waals surface area contributed by atoms with Gasteiger partial charge in [-0.3, -0.25) is 4.90 Å². The number of nitrogens with zero attached hydrogens (tertiary/aromatic N) is 1. The molecule has 106 valence electrons. The summed E-state index contributed by atoms with van der Waals surface area (Å²) in [4.78, 5) is 24.4. The van der Waals surface area contributed by atoms with Crippen LogP contribution >= 0.6 is 15.9 Å². The minimum absolute atomic E-state index is 0.426. The molecule has 1 aromatic heterocycles. The topological polar surface area (TPSA) is 59.8 Å². The van der Waals surface area contributed by atoms with Crippen LogP contribution in [0.5, 0.6) is 0 Å². The Bertz CT molecular complexity index is 475. The maximum absolute atomic E-state index is 11.9. The molecule has 0 radical (unpaired) electrons. The van der Waals surface area contributed by atoms with Gasteiger partial charge in [-0.25, -0.2) is 4.79 Å². The quantitative estimate of drug-likeness (QED) is 0.796. The highest BCUT2D eigenvalue weighted by Gasteiger charge is 2.29. The van der Waals surface area contributed by atoms with Gasteiger partial charge in [0.25, 0.3) is 0 Å². The predicted octanol–water partition coefficient (Wildman–Crippen LogP) is 3.46. The van der Waals surface area contributed by atoms with E-state index in [1.165, 1.54) is 11.9 Å². The molecule has 1 atom stereocenters. The van der Waals surface area contributed by atoms with E-state index < -0.39 is 17.7 Å². The molecule has 0 saturated carbocycles. The molecule has 1 aromatic rings. The molecule has 0 aromatic carbocycles.